The zero-order chi connectivity index (χ0) is 23.4. The summed E-state index contributed by atoms with van der Waals surface area (Å²) in [5.41, 5.74) is 4.19. The van der Waals surface area contributed by atoms with Crippen LogP contribution in [0.5, 0.6) is 0 Å². The van der Waals surface area contributed by atoms with Gasteiger partial charge in [0.1, 0.15) is 0 Å². The lowest BCUT2D eigenvalue weighted by Crippen LogP contribution is -2.50. The fourth-order valence-corrected chi connectivity index (χ4v) is 4.29. The van der Waals surface area contributed by atoms with E-state index < -0.39 is 0 Å². The standard InChI is InChI=1S/C24H29ClN4O2S/c1-15(2)23(31)29-11-9-28(10-12-29)21-8-6-18(14-20(21)25)26-24(32)27-22(30)19-7-5-16(3)13-17(19)4/h5-8,13-15H,9-12H2,1-4H3,(H2,26,27,30,32). The Labute approximate surface area is 199 Å². The van der Waals surface area contributed by atoms with E-state index in [4.69, 9.17) is 23.8 Å². The monoisotopic (exact) mass is 472 g/mol. The molecule has 0 unspecified atom stereocenters. The summed E-state index contributed by atoms with van der Waals surface area (Å²) in [6, 6.07) is 11.3. The molecule has 170 valence electrons. The second kappa shape index (κ2) is 10.3. The maximum atomic E-state index is 12.5. The molecule has 8 heteroatoms. The number of halogens is 1. The summed E-state index contributed by atoms with van der Waals surface area (Å²) in [7, 11) is 0. The second-order valence-corrected chi connectivity index (χ2v) is 9.18. The average Bonchev–Trinajstić information content (AvgIpc) is 2.73. The lowest BCUT2D eigenvalue weighted by Gasteiger charge is -2.37. The van der Waals surface area contributed by atoms with Gasteiger partial charge in [-0.3, -0.25) is 14.9 Å². The molecule has 2 amide bonds. The van der Waals surface area contributed by atoms with Crippen molar-refractivity contribution in [2.45, 2.75) is 27.7 Å². The molecule has 0 atom stereocenters. The van der Waals surface area contributed by atoms with Gasteiger partial charge >= 0.3 is 0 Å². The van der Waals surface area contributed by atoms with Crippen LogP contribution in [-0.2, 0) is 4.79 Å². The topological polar surface area (TPSA) is 64.7 Å². The molecule has 0 bridgehead atoms. The minimum absolute atomic E-state index is 0.00903. The number of hydrogen-bond acceptors (Lipinski definition) is 4. The highest BCUT2D eigenvalue weighted by molar-refractivity contribution is 7.80. The van der Waals surface area contributed by atoms with Crippen LogP contribution in [0.4, 0.5) is 11.4 Å². The van der Waals surface area contributed by atoms with Gasteiger partial charge in [-0.2, -0.15) is 0 Å². The van der Waals surface area contributed by atoms with E-state index in [1.807, 2.05) is 56.9 Å². The van der Waals surface area contributed by atoms with Crippen molar-refractivity contribution in [3.05, 3.63) is 58.1 Å². The van der Waals surface area contributed by atoms with Crippen LogP contribution in [0, 0.1) is 19.8 Å². The number of benzene rings is 2. The Kier molecular flexibility index (Phi) is 7.74. The fraction of sp³-hybridized carbons (Fsp3) is 0.375. The van der Waals surface area contributed by atoms with Gasteiger partial charge in [-0.1, -0.05) is 43.1 Å². The number of thiocarbonyl (C=S) groups is 1. The summed E-state index contributed by atoms with van der Waals surface area (Å²) in [5, 5.41) is 6.53. The summed E-state index contributed by atoms with van der Waals surface area (Å²) in [4.78, 5) is 28.8. The maximum Gasteiger partial charge on any atom is 0.257 e. The molecule has 1 aliphatic heterocycles. The van der Waals surface area contributed by atoms with Crippen LogP contribution in [0.1, 0.15) is 35.3 Å². The summed E-state index contributed by atoms with van der Waals surface area (Å²) >= 11 is 11.8. The fourth-order valence-electron chi connectivity index (χ4n) is 3.78. The molecule has 32 heavy (non-hydrogen) atoms. The molecular weight excluding hydrogens is 444 g/mol. The third-order valence-corrected chi connectivity index (χ3v) is 5.99. The highest BCUT2D eigenvalue weighted by Crippen LogP contribution is 2.30. The first-order chi connectivity index (χ1) is 15.2. The first-order valence-electron chi connectivity index (χ1n) is 10.7. The van der Waals surface area contributed by atoms with Crippen LogP contribution in [0.3, 0.4) is 0 Å². The second-order valence-electron chi connectivity index (χ2n) is 8.36. The number of nitrogens with one attached hydrogen (secondary N) is 2. The lowest BCUT2D eigenvalue weighted by atomic mass is 10.1. The molecule has 6 nitrogen and oxygen atoms in total. The smallest absolute Gasteiger partial charge is 0.257 e. The Hall–Kier alpha value is -2.64. The van der Waals surface area contributed by atoms with Gasteiger partial charge in [0.25, 0.3) is 5.91 Å². The number of carbonyl (C=O) groups is 2. The Balaban J connectivity index is 1.59. The van der Waals surface area contributed by atoms with E-state index in [0.29, 0.717) is 29.4 Å². The third-order valence-electron chi connectivity index (χ3n) is 5.49. The van der Waals surface area contributed by atoms with E-state index in [2.05, 4.69) is 15.5 Å². The molecule has 0 saturated carbocycles. The lowest BCUT2D eigenvalue weighted by molar-refractivity contribution is -0.134. The van der Waals surface area contributed by atoms with Crippen LogP contribution < -0.4 is 15.5 Å². The minimum atomic E-state index is -0.253. The van der Waals surface area contributed by atoms with E-state index in [0.717, 1.165) is 29.9 Å². The Morgan fingerprint density at radius 2 is 1.72 bits per heavy atom. The van der Waals surface area contributed by atoms with Crippen LogP contribution in [0.25, 0.3) is 0 Å². The molecule has 2 aromatic carbocycles. The molecule has 1 saturated heterocycles. The molecule has 0 radical (unpaired) electrons. The first-order valence-corrected chi connectivity index (χ1v) is 11.5. The number of rotatable bonds is 4. The maximum absolute atomic E-state index is 12.5. The molecule has 0 aromatic heterocycles. The number of nitrogens with zero attached hydrogens (tertiary/aromatic N) is 2. The van der Waals surface area contributed by atoms with Gasteiger partial charge in [-0.25, -0.2) is 0 Å². The SMILES string of the molecule is Cc1ccc(C(=O)NC(=S)Nc2ccc(N3CCN(C(=O)C(C)C)CC3)c(Cl)c2)c(C)c1. The van der Waals surface area contributed by atoms with Crippen molar-refractivity contribution in [2.75, 3.05) is 36.4 Å². The molecule has 0 spiro atoms. The Bertz CT molecular complexity index is 1030. The number of amides is 2. The molecule has 0 aliphatic carbocycles. The van der Waals surface area contributed by atoms with Gasteiger partial charge in [0.2, 0.25) is 5.91 Å². The highest BCUT2D eigenvalue weighted by atomic mass is 35.5. The zero-order valence-corrected chi connectivity index (χ0v) is 20.4. The van der Waals surface area contributed by atoms with Crippen LogP contribution in [-0.4, -0.2) is 48.0 Å². The number of carbonyl (C=O) groups excluding carboxylic acids is 2. The molecule has 3 rings (SSSR count). The minimum Gasteiger partial charge on any atom is -0.367 e. The number of hydrogen-bond donors (Lipinski definition) is 2. The van der Waals surface area contributed by atoms with Crippen molar-refractivity contribution in [3.63, 3.8) is 0 Å². The van der Waals surface area contributed by atoms with Crippen molar-refractivity contribution < 1.29 is 9.59 Å². The van der Waals surface area contributed by atoms with Gasteiger partial charge in [-0.15, -0.1) is 0 Å². The van der Waals surface area contributed by atoms with E-state index in [-0.39, 0.29) is 22.8 Å². The van der Waals surface area contributed by atoms with Crippen LogP contribution in [0.15, 0.2) is 36.4 Å². The van der Waals surface area contributed by atoms with Crippen molar-refractivity contribution in [3.8, 4) is 0 Å². The van der Waals surface area contributed by atoms with Gasteiger partial charge < -0.3 is 15.1 Å². The van der Waals surface area contributed by atoms with E-state index >= 15 is 0 Å². The summed E-state index contributed by atoms with van der Waals surface area (Å²) in [6.45, 7) is 10.6. The summed E-state index contributed by atoms with van der Waals surface area (Å²) < 4.78 is 0. The average molecular weight is 473 g/mol. The predicted molar refractivity (Wildman–Crippen MR) is 135 cm³/mol. The molecule has 1 fully saturated rings. The van der Waals surface area contributed by atoms with E-state index in [1.54, 1.807) is 12.1 Å². The van der Waals surface area contributed by atoms with Crippen LogP contribution in [0.2, 0.25) is 5.02 Å². The quantitative estimate of drug-likeness (QED) is 0.646. The molecular formula is C24H29ClN4O2S. The first kappa shape index (κ1) is 24.0. The number of aryl methyl sites for hydroxylation is 2. The largest absolute Gasteiger partial charge is 0.367 e. The summed E-state index contributed by atoms with van der Waals surface area (Å²) in [6.07, 6.45) is 0. The highest BCUT2D eigenvalue weighted by Gasteiger charge is 2.24. The van der Waals surface area contributed by atoms with E-state index in [1.165, 1.54) is 0 Å². The van der Waals surface area contributed by atoms with Crippen molar-refractivity contribution in [1.29, 1.82) is 0 Å². The number of piperazine rings is 1. The summed E-state index contributed by atoms with van der Waals surface area (Å²) in [5.74, 6) is -0.0574. The van der Waals surface area contributed by atoms with Gasteiger partial charge in [0.05, 0.1) is 10.7 Å². The predicted octanol–water partition coefficient (Wildman–Crippen LogP) is 4.39. The molecule has 2 aromatic rings. The van der Waals surface area contributed by atoms with E-state index in [9.17, 15) is 9.59 Å². The number of anilines is 2. The Morgan fingerprint density at radius 3 is 2.31 bits per heavy atom. The zero-order valence-electron chi connectivity index (χ0n) is 18.9. The molecule has 1 aliphatic rings. The molecule has 2 N–H and O–H groups in total. The Morgan fingerprint density at radius 1 is 1.03 bits per heavy atom. The van der Waals surface area contributed by atoms with Crippen molar-refractivity contribution in [2.24, 2.45) is 5.92 Å². The van der Waals surface area contributed by atoms with Gasteiger partial charge in [0.15, 0.2) is 5.11 Å². The van der Waals surface area contributed by atoms with Gasteiger partial charge in [0, 0.05) is 43.3 Å². The van der Waals surface area contributed by atoms with Crippen molar-refractivity contribution in [1.82, 2.24) is 10.2 Å². The third kappa shape index (κ3) is 5.78. The van der Waals surface area contributed by atoms with Crippen LogP contribution >= 0.6 is 23.8 Å². The normalized spacial score (nSPS) is 13.8. The van der Waals surface area contributed by atoms with Gasteiger partial charge in [-0.05, 0) is 55.9 Å². The van der Waals surface area contributed by atoms with Crippen molar-refractivity contribution >= 4 is 52.1 Å². The molecule has 1 heterocycles.